The minimum atomic E-state index is -4.94. The van der Waals surface area contributed by atoms with E-state index in [0.717, 1.165) is 16.8 Å². The average molecular weight is 261 g/mol. The minimum absolute atomic E-state index is 0.828. The molecule has 0 aliphatic carbocycles. The third kappa shape index (κ3) is 5.38. The molecule has 2 aromatic rings. The van der Waals surface area contributed by atoms with Crippen LogP contribution >= 0.6 is 0 Å². The van der Waals surface area contributed by atoms with Crippen molar-refractivity contribution in [3.05, 3.63) is 30.6 Å². The molecule has 1 N–H and O–H groups in total. The topological polar surface area (TPSA) is 128 Å². The highest BCUT2D eigenvalue weighted by Gasteiger charge is 2.00. The van der Waals surface area contributed by atoms with Crippen LogP contribution < -0.4 is 28.4 Å². The molecule has 0 saturated carbocycles. The zero-order chi connectivity index (χ0) is 12.9. The van der Waals surface area contributed by atoms with Gasteiger partial charge in [0.2, 0.25) is 5.52 Å². The van der Waals surface area contributed by atoms with E-state index in [4.69, 9.17) is 23.4 Å². The quantitative estimate of drug-likeness (QED) is 0.519. The number of hydrogen-bond donors (Lipinski definition) is 0. The van der Waals surface area contributed by atoms with Gasteiger partial charge in [-0.1, -0.05) is 0 Å². The Labute approximate surface area is 98.7 Å². The molecule has 1 heterocycles. The summed E-state index contributed by atoms with van der Waals surface area (Å²) in [4.78, 5) is 7.26. The number of benzene rings is 1. The maximum absolute atomic E-state index is 8.49. The molecule has 0 spiro atoms. The summed E-state index contributed by atoms with van der Waals surface area (Å²) in [7, 11) is -3.30. The number of rotatable bonds is 1. The summed E-state index contributed by atoms with van der Waals surface area (Å²) in [6, 6.07) is 5.74. The summed E-state index contributed by atoms with van der Waals surface area (Å²) in [5.74, 6) is 0.828. The van der Waals surface area contributed by atoms with Gasteiger partial charge in [0, 0.05) is 12.1 Å². The molecule has 8 heteroatoms. The molecular weight excluding hydrogens is 252 g/mol. The van der Waals surface area contributed by atoms with Crippen molar-refractivity contribution in [2.24, 2.45) is 0 Å². The Morgan fingerprint density at radius 2 is 1.88 bits per heavy atom. The first kappa shape index (κ1) is 13.6. The van der Waals surface area contributed by atoms with Crippen LogP contribution in [0.5, 0.6) is 5.75 Å². The van der Waals surface area contributed by atoms with Crippen LogP contribution in [0.15, 0.2) is 30.6 Å². The number of halogens is 1. The van der Waals surface area contributed by atoms with E-state index in [-0.39, 0.29) is 0 Å². The molecule has 0 aliphatic rings. The predicted octanol–water partition coefficient (Wildman–Crippen LogP) is -3.70. The van der Waals surface area contributed by atoms with Gasteiger partial charge < -0.3 is 4.74 Å². The van der Waals surface area contributed by atoms with Crippen LogP contribution in [0.3, 0.4) is 0 Å². The lowest BCUT2D eigenvalue weighted by molar-refractivity contribution is -2.00. The van der Waals surface area contributed by atoms with Crippen LogP contribution in [0.1, 0.15) is 0 Å². The van der Waals surface area contributed by atoms with Crippen molar-refractivity contribution in [1.82, 2.24) is 4.98 Å². The molecule has 2 rings (SSSR count). The van der Waals surface area contributed by atoms with Crippen LogP contribution in [0.25, 0.3) is 11.0 Å². The first-order valence-corrected chi connectivity index (χ1v) is 5.56. The largest absolute Gasteiger partial charge is 0.497 e. The first-order chi connectivity index (χ1) is 7.90. The lowest BCUT2D eigenvalue weighted by Gasteiger charge is -2.17. The number of methoxy groups -OCH3 is 1. The second-order valence-corrected chi connectivity index (χ2v) is 3.61. The highest BCUT2D eigenvalue weighted by Crippen LogP contribution is 2.14. The average Bonchev–Trinajstić information content (AvgIpc) is 2.26. The van der Waals surface area contributed by atoms with Crippen molar-refractivity contribution < 1.29 is 38.6 Å². The van der Waals surface area contributed by atoms with Gasteiger partial charge in [-0.05, 0) is 6.07 Å². The Kier molecular flexibility index (Phi) is 4.55. The van der Waals surface area contributed by atoms with E-state index in [2.05, 4.69) is 9.97 Å². The van der Waals surface area contributed by atoms with Gasteiger partial charge in [-0.3, -0.25) is 0 Å². The maximum atomic E-state index is 8.49. The zero-order valence-electron chi connectivity index (χ0n) is 8.75. The molecule has 1 aromatic carbocycles. The van der Waals surface area contributed by atoms with Crippen molar-refractivity contribution in [3.8, 4) is 5.75 Å². The number of fused-ring (bicyclic) bond motifs is 1. The van der Waals surface area contributed by atoms with Gasteiger partial charge in [0.15, 0.2) is 6.20 Å². The van der Waals surface area contributed by atoms with Gasteiger partial charge >= 0.3 is 0 Å². The Morgan fingerprint density at radius 1 is 1.24 bits per heavy atom. The van der Waals surface area contributed by atoms with E-state index >= 15 is 0 Å². The Balaban J connectivity index is 0.000000249. The summed E-state index contributed by atoms with van der Waals surface area (Å²) in [5.41, 5.74) is 1.93. The highest BCUT2D eigenvalue weighted by molar-refractivity contribution is 5.72. The fourth-order valence-corrected chi connectivity index (χ4v) is 1.11. The molecule has 92 valence electrons. The Bertz CT molecular complexity index is 482. The lowest BCUT2D eigenvalue weighted by Crippen LogP contribution is -2.68. The molecule has 0 amide bonds. The molecule has 0 bridgehead atoms. The van der Waals surface area contributed by atoms with E-state index < -0.39 is 10.2 Å². The molecule has 0 atom stereocenters. The summed E-state index contributed by atoms with van der Waals surface area (Å²) in [6.45, 7) is 0. The minimum Gasteiger partial charge on any atom is -0.497 e. The van der Waals surface area contributed by atoms with Crippen LogP contribution in [0, 0.1) is 10.2 Å². The van der Waals surface area contributed by atoms with Gasteiger partial charge in [0.1, 0.15) is 11.3 Å². The summed E-state index contributed by atoms with van der Waals surface area (Å²) in [5, 5.41) is 0. The normalized spacial score (nSPS) is 10.6. The first-order valence-electron chi connectivity index (χ1n) is 4.32. The van der Waals surface area contributed by atoms with Gasteiger partial charge in [0.25, 0.3) is 0 Å². The molecule has 0 radical (unpaired) electrons. The molecule has 17 heavy (non-hydrogen) atoms. The van der Waals surface area contributed by atoms with E-state index in [0.29, 0.717) is 0 Å². The van der Waals surface area contributed by atoms with Gasteiger partial charge in [-0.15, -0.1) is 10.2 Å². The van der Waals surface area contributed by atoms with Crippen molar-refractivity contribution in [2.75, 3.05) is 7.11 Å². The number of nitrogens with zero attached hydrogens (tertiary/aromatic N) is 1. The van der Waals surface area contributed by atoms with Crippen LogP contribution in [0.2, 0.25) is 0 Å². The molecule has 1 aromatic heterocycles. The standard InChI is InChI=1S/C9H8N2O.ClHO4/c1-12-7-2-3-8-9(6-7)11-5-4-10-8;2-1(3,4)5/h2-6H,1H3;(H,2,3,4,5). The van der Waals surface area contributed by atoms with E-state index in [1.165, 1.54) is 0 Å². The van der Waals surface area contributed by atoms with Gasteiger partial charge in [-0.2, -0.15) is 0 Å². The summed E-state index contributed by atoms with van der Waals surface area (Å²) >= 11 is 0. The Morgan fingerprint density at radius 3 is 2.47 bits per heavy atom. The highest BCUT2D eigenvalue weighted by atomic mass is 35.7. The molecule has 0 fully saturated rings. The lowest BCUT2D eigenvalue weighted by atomic mass is 10.3. The van der Waals surface area contributed by atoms with Gasteiger partial charge in [-0.25, -0.2) is 28.6 Å². The molecule has 0 saturated heterocycles. The number of ether oxygens (including phenoxy) is 1. The van der Waals surface area contributed by atoms with Crippen molar-refractivity contribution in [3.63, 3.8) is 0 Å². The van der Waals surface area contributed by atoms with Crippen LogP contribution in [-0.4, -0.2) is 12.1 Å². The number of aromatic amines is 1. The number of nitrogens with one attached hydrogen (secondary N) is 1. The third-order valence-electron chi connectivity index (χ3n) is 1.73. The van der Waals surface area contributed by atoms with Gasteiger partial charge in [0.05, 0.1) is 13.3 Å². The molecule has 0 unspecified atom stereocenters. The summed E-state index contributed by atoms with van der Waals surface area (Å²) < 4.78 is 39.0. The van der Waals surface area contributed by atoms with E-state index in [9.17, 15) is 0 Å². The molecular formula is C9H9ClN2O5. The van der Waals surface area contributed by atoms with Crippen molar-refractivity contribution in [1.29, 1.82) is 0 Å². The fraction of sp³-hybridized carbons (Fsp3) is 0.111. The van der Waals surface area contributed by atoms with Crippen molar-refractivity contribution >= 4 is 11.0 Å². The number of aromatic nitrogens is 2. The SMILES string of the molecule is COc1ccc2[nH+]ccnc2c1.[O-][Cl+3]([O-])([O-])[O-]. The third-order valence-corrected chi connectivity index (χ3v) is 1.73. The zero-order valence-corrected chi connectivity index (χ0v) is 9.51. The number of H-pyrrole nitrogens is 1. The second-order valence-electron chi connectivity index (χ2n) is 2.85. The van der Waals surface area contributed by atoms with Crippen LogP contribution in [-0.2, 0) is 0 Å². The smallest absolute Gasteiger partial charge is 0.229 e. The predicted molar refractivity (Wildman–Crippen MR) is 44.9 cm³/mol. The van der Waals surface area contributed by atoms with Crippen LogP contribution in [0.4, 0.5) is 0 Å². The van der Waals surface area contributed by atoms with Crippen molar-refractivity contribution in [2.45, 2.75) is 0 Å². The van der Waals surface area contributed by atoms with E-state index in [1.54, 1.807) is 19.5 Å². The summed E-state index contributed by atoms with van der Waals surface area (Å²) in [6.07, 6.45) is 3.52. The molecule has 0 aliphatic heterocycles. The second kappa shape index (κ2) is 5.71. The Hall–Kier alpha value is -1.51. The monoisotopic (exact) mass is 260 g/mol. The fourth-order valence-electron chi connectivity index (χ4n) is 1.11. The van der Waals surface area contributed by atoms with E-state index in [1.807, 2.05) is 18.2 Å². The molecule has 7 nitrogen and oxygen atoms in total. The number of hydrogen-bond acceptors (Lipinski definition) is 6. The maximum Gasteiger partial charge on any atom is 0.229 e.